The Balaban J connectivity index is 1.32. The summed E-state index contributed by atoms with van der Waals surface area (Å²) in [7, 11) is 3.60. The van der Waals surface area contributed by atoms with E-state index in [0.29, 0.717) is 73.5 Å². The number of ether oxygens (including phenoxy) is 2. The summed E-state index contributed by atoms with van der Waals surface area (Å²) in [5.41, 5.74) is 2.79. The molecule has 6 rings (SSSR count). The lowest BCUT2D eigenvalue weighted by Crippen LogP contribution is -2.53. The number of amides is 1. The van der Waals surface area contributed by atoms with E-state index in [2.05, 4.69) is 23.8 Å². The monoisotopic (exact) mass is 554 g/mol. The van der Waals surface area contributed by atoms with E-state index in [4.69, 9.17) is 19.4 Å². The number of hydrogen-bond acceptors (Lipinski definition) is 8. The minimum atomic E-state index is -0.447. The van der Waals surface area contributed by atoms with Crippen LogP contribution >= 0.6 is 0 Å². The van der Waals surface area contributed by atoms with Gasteiger partial charge in [0.05, 0.1) is 31.1 Å². The lowest BCUT2D eigenvalue weighted by Gasteiger charge is -2.43. The summed E-state index contributed by atoms with van der Waals surface area (Å²) < 4.78 is 31.1. The van der Waals surface area contributed by atoms with Gasteiger partial charge in [-0.15, -0.1) is 0 Å². The highest BCUT2D eigenvalue weighted by Gasteiger charge is 2.34. The molecule has 3 aliphatic rings. The molecule has 0 spiro atoms. The fourth-order valence-corrected chi connectivity index (χ4v) is 6.52. The first-order valence-electron chi connectivity index (χ1n) is 14.3. The van der Waals surface area contributed by atoms with Crippen molar-refractivity contribution in [2.75, 3.05) is 57.4 Å². The maximum Gasteiger partial charge on any atom is 0.289 e. The first-order valence-corrected chi connectivity index (χ1v) is 14.3. The second kappa shape index (κ2) is 10.7. The lowest BCUT2D eigenvalue weighted by molar-refractivity contribution is -0.0856. The summed E-state index contributed by atoms with van der Waals surface area (Å²) in [5, 5.41) is 4.40. The summed E-state index contributed by atoms with van der Waals surface area (Å²) in [6.45, 7) is 11.3. The molecule has 11 nitrogen and oxygen atoms in total. The number of nitrogens with zero attached hydrogens (tertiary/aromatic N) is 8. The minimum Gasteiger partial charge on any atom is -0.378 e. The van der Waals surface area contributed by atoms with Crippen LogP contribution in [0.1, 0.15) is 43.0 Å². The van der Waals surface area contributed by atoms with Crippen LogP contribution in [0, 0.1) is 12.7 Å². The number of likely N-dealkylation sites (tertiary alicyclic amines) is 1. The SMILES string of the molecule is Cc1nn(C)cc1-c1nc2c(nc(C(=O)N3CCC(N4C[C@@H](C)O[C@@H](C)C4)CC3)n2C)c(N2CCOCC2)c1F. The molecular weight excluding hydrogens is 515 g/mol. The van der Waals surface area contributed by atoms with Gasteiger partial charge in [0.25, 0.3) is 5.91 Å². The van der Waals surface area contributed by atoms with Crippen molar-refractivity contribution in [3.05, 3.63) is 23.5 Å². The quantitative estimate of drug-likeness (QED) is 0.486. The molecule has 2 atom stereocenters. The number of hydrogen-bond donors (Lipinski definition) is 0. The standard InChI is InChI=1S/C28H39FN8O3/c1-17-14-37(15-18(2)40-17)20-6-8-36(9-7-20)28(38)27-31-24-25(35-10-12-39-13-11-35)22(29)23(30-26(24)34(27)5)21-16-33(4)32-19(21)3/h16-18,20H,6-15H2,1-5H3/t17-,18+. The first-order chi connectivity index (χ1) is 19.2. The molecule has 0 radical (unpaired) electrons. The smallest absolute Gasteiger partial charge is 0.289 e. The van der Waals surface area contributed by atoms with Gasteiger partial charge in [0.1, 0.15) is 16.9 Å². The van der Waals surface area contributed by atoms with Crippen LogP contribution in [0.4, 0.5) is 10.1 Å². The van der Waals surface area contributed by atoms with E-state index in [1.54, 1.807) is 29.5 Å². The summed E-state index contributed by atoms with van der Waals surface area (Å²) in [6.07, 6.45) is 4.03. The van der Waals surface area contributed by atoms with Crippen molar-refractivity contribution < 1.29 is 18.7 Å². The molecule has 0 saturated carbocycles. The number of morpholine rings is 2. The Hall–Kier alpha value is -3.09. The van der Waals surface area contributed by atoms with Crippen molar-refractivity contribution in [3.8, 4) is 11.3 Å². The van der Waals surface area contributed by atoms with E-state index in [9.17, 15) is 4.79 Å². The number of carbonyl (C=O) groups is 1. The van der Waals surface area contributed by atoms with Crippen LogP contribution < -0.4 is 4.90 Å². The predicted molar refractivity (Wildman–Crippen MR) is 149 cm³/mol. The van der Waals surface area contributed by atoms with Crippen molar-refractivity contribution in [1.29, 1.82) is 0 Å². The molecule has 0 unspecified atom stereocenters. The zero-order valence-corrected chi connectivity index (χ0v) is 24.1. The number of halogens is 1. The van der Waals surface area contributed by atoms with Gasteiger partial charge >= 0.3 is 0 Å². The molecule has 6 heterocycles. The highest BCUT2D eigenvalue weighted by molar-refractivity contribution is 5.98. The first kappa shape index (κ1) is 27.1. The summed E-state index contributed by atoms with van der Waals surface area (Å²) in [4.78, 5) is 29.6. The maximum absolute atomic E-state index is 16.3. The Kier molecular flexibility index (Phi) is 7.26. The van der Waals surface area contributed by atoms with Crippen LogP contribution in [0.15, 0.2) is 6.20 Å². The predicted octanol–water partition coefficient (Wildman–Crippen LogP) is 2.37. The Morgan fingerprint density at radius 2 is 1.70 bits per heavy atom. The fourth-order valence-electron chi connectivity index (χ4n) is 6.52. The average Bonchev–Trinajstić information content (AvgIpc) is 3.45. The van der Waals surface area contributed by atoms with Crippen LogP contribution in [-0.2, 0) is 23.6 Å². The third kappa shape index (κ3) is 4.86. The molecule has 0 N–H and O–H groups in total. The number of rotatable bonds is 4. The van der Waals surface area contributed by atoms with Gasteiger partial charge in [0.2, 0.25) is 5.82 Å². The van der Waals surface area contributed by atoms with Crippen LogP contribution in [0.2, 0.25) is 0 Å². The summed E-state index contributed by atoms with van der Waals surface area (Å²) >= 11 is 0. The van der Waals surface area contributed by atoms with Gasteiger partial charge in [0, 0.05) is 71.2 Å². The molecule has 3 saturated heterocycles. The molecule has 12 heteroatoms. The van der Waals surface area contributed by atoms with Crippen molar-refractivity contribution in [3.63, 3.8) is 0 Å². The van der Waals surface area contributed by atoms with Gasteiger partial charge in [-0.25, -0.2) is 14.4 Å². The van der Waals surface area contributed by atoms with Gasteiger partial charge in [-0.05, 0) is 33.6 Å². The number of carbonyl (C=O) groups excluding carboxylic acids is 1. The Morgan fingerprint density at radius 1 is 1.02 bits per heavy atom. The Bertz CT molecular complexity index is 1400. The number of aryl methyl sites for hydroxylation is 3. The van der Waals surface area contributed by atoms with Crippen LogP contribution in [0.5, 0.6) is 0 Å². The van der Waals surface area contributed by atoms with Crippen molar-refractivity contribution in [1.82, 2.24) is 34.1 Å². The molecule has 216 valence electrons. The summed E-state index contributed by atoms with van der Waals surface area (Å²) in [5.74, 6) is -0.309. The van der Waals surface area contributed by atoms with Crippen LogP contribution in [0.3, 0.4) is 0 Å². The summed E-state index contributed by atoms with van der Waals surface area (Å²) in [6, 6.07) is 0.437. The molecule has 3 fully saturated rings. The van der Waals surface area contributed by atoms with E-state index >= 15 is 4.39 Å². The fraction of sp³-hybridized carbons (Fsp3) is 0.643. The topological polar surface area (TPSA) is 93.8 Å². The Labute approximate surface area is 233 Å². The molecule has 0 bridgehead atoms. The van der Waals surface area contributed by atoms with Gasteiger partial charge in [-0.1, -0.05) is 0 Å². The molecule has 3 aromatic rings. The molecular formula is C28H39FN8O3. The molecule has 0 aliphatic carbocycles. The number of piperidine rings is 1. The van der Waals surface area contributed by atoms with E-state index < -0.39 is 5.82 Å². The number of aromatic nitrogens is 5. The van der Waals surface area contributed by atoms with Gasteiger partial charge < -0.3 is 23.8 Å². The number of fused-ring (bicyclic) bond motifs is 1. The average molecular weight is 555 g/mol. The van der Waals surface area contributed by atoms with E-state index in [1.165, 1.54) is 0 Å². The van der Waals surface area contributed by atoms with Crippen molar-refractivity contribution >= 4 is 22.8 Å². The number of pyridine rings is 1. The van der Waals surface area contributed by atoms with Crippen LogP contribution in [0.25, 0.3) is 22.4 Å². The molecule has 3 aliphatic heterocycles. The molecule has 40 heavy (non-hydrogen) atoms. The molecule has 0 aromatic carbocycles. The van der Waals surface area contributed by atoms with Gasteiger partial charge in [-0.3, -0.25) is 14.4 Å². The second-order valence-corrected chi connectivity index (χ2v) is 11.4. The van der Waals surface area contributed by atoms with E-state index in [0.717, 1.165) is 25.9 Å². The van der Waals surface area contributed by atoms with E-state index in [1.807, 2.05) is 16.7 Å². The minimum absolute atomic E-state index is 0.143. The van der Waals surface area contributed by atoms with Crippen LogP contribution in [-0.4, -0.2) is 111 Å². The van der Waals surface area contributed by atoms with Crippen molar-refractivity contribution in [2.24, 2.45) is 14.1 Å². The number of imidazole rings is 1. The highest BCUT2D eigenvalue weighted by Crippen LogP contribution is 2.36. The normalized spacial score (nSPS) is 23.4. The Morgan fingerprint density at radius 3 is 2.33 bits per heavy atom. The zero-order valence-electron chi connectivity index (χ0n) is 24.1. The molecule has 3 aromatic heterocycles. The third-order valence-electron chi connectivity index (χ3n) is 8.43. The highest BCUT2D eigenvalue weighted by atomic mass is 19.1. The van der Waals surface area contributed by atoms with Gasteiger partial charge in [-0.2, -0.15) is 5.10 Å². The maximum atomic E-state index is 16.3. The lowest BCUT2D eigenvalue weighted by atomic mass is 10.0. The zero-order chi connectivity index (χ0) is 28.1. The largest absolute Gasteiger partial charge is 0.378 e. The second-order valence-electron chi connectivity index (χ2n) is 11.4. The van der Waals surface area contributed by atoms with Crippen molar-refractivity contribution in [2.45, 2.75) is 51.9 Å². The third-order valence-corrected chi connectivity index (χ3v) is 8.43. The van der Waals surface area contributed by atoms with E-state index in [-0.39, 0.29) is 29.6 Å². The van der Waals surface area contributed by atoms with Gasteiger partial charge in [0.15, 0.2) is 11.5 Å². The molecule has 1 amide bonds. The number of anilines is 1.